The van der Waals surface area contributed by atoms with Crippen molar-refractivity contribution in [3.05, 3.63) is 24.0 Å². The summed E-state index contributed by atoms with van der Waals surface area (Å²) in [5, 5.41) is 2.78. The van der Waals surface area contributed by atoms with E-state index in [0.717, 1.165) is 5.69 Å². The van der Waals surface area contributed by atoms with Gasteiger partial charge in [-0.1, -0.05) is 6.07 Å². The van der Waals surface area contributed by atoms with Crippen molar-refractivity contribution < 1.29 is 4.39 Å². The summed E-state index contributed by atoms with van der Waals surface area (Å²) in [6, 6.07) is 4.98. The maximum absolute atomic E-state index is 12.3. The second-order valence-electron chi connectivity index (χ2n) is 1.79. The fourth-order valence-corrected chi connectivity index (χ4v) is 0.729. The maximum Gasteiger partial charge on any atom is 0.148 e. The molecule has 0 aliphatic carbocycles. The van der Waals surface area contributed by atoms with E-state index in [1.807, 2.05) is 6.07 Å². The Bertz CT molecular complexity index is 232. The SMILES string of the molecule is Fc1cccc2c1N2. The Balaban J connectivity index is 2.70. The molecule has 0 unspecified atom stereocenters. The average Bonchev–Trinajstić information content (AvgIpc) is 2.45. The molecule has 1 aliphatic rings. The lowest BCUT2D eigenvalue weighted by atomic mass is 10.4. The second kappa shape index (κ2) is 1.02. The van der Waals surface area contributed by atoms with Crippen molar-refractivity contribution in [1.82, 2.24) is 0 Å². The van der Waals surface area contributed by atoms with E-state index in [0.29, 0.717) is 5.69 Å². The summed E-state index contributed by atoms with van der Waals surface area (Å²) in [4.78, 5) is 0. The second-order valence-corrected chi connectivity index (χ2v) is 1.79. The highest BCUT2D eigenvalue weighted by Crippen LogP contribution is 2.39. The molecule has 40 valence electrons. The number of rotatable bonds is 0. The van der Waals surface area contributed by atoms with E-state index in [2.05, 4.69) is 5.32 Å². The molecule has 0 spiro atoms. The van der Waals surface area contributed by atoms with E-state index in [1.165, 1.54) is 6.07 Å². The van der Waals surface area contributed by atoms with Crippen LogP contribution in [0.5, 0.6) is 0 Å². The number of benzene rings is 1. The molecule has 1 aromatic rings. The summed E-state index contributed by atoms with van der Waals surface area (Å²) in [6.07, 6.45) is 0. The summed E-state index contributed by atoms with van der Waals surface area (Å²) in [7, 11) is 0. The van der Waals surface area contributed by atoms with Crippen molar-refractivity contribution in [2.45, 2.75) is 0 Å². The van der Waals surface area contributed by atoms with E-state index >= 15 is 0 Å². The first-order valence-corrected chi connectivity index (χ1v) is 2.43. The monoisotopic (exact) mass is 109 g/mol. The number of hydrogen-bond donors (Lipinski definition) is 1. The third kappa shape index (κ3) is 0.346. The molecule has 0 fully saturated rings. The molecule has 0 saturated heterocycles. The molecule has 1 aliphatic heterocycles. The van der Waals surface area contributed by atoms with Gasteiger partial charge in [0.1, 0.15) is 5.82 Å². The van der Waals surface area contributed by atoms with Crippen LogP contribution < -0.4 is 5.32 Å². The highest BCUT2D eigenvalue weighted by Gasteiger charge is 2.18. The maximum atomic E-state index is 12.3. The summed E-state index contributed by atoms with van der Waals surface area (Å²) < 4.78 is 12.3. The molecule has 0 radical (unpaired) electrons. The molecule has 0 saturated carbocycles. The first kappa shape index (κ1) is 3.89. The van der Waals surface area contributed by atoms with Crippen LogP contribution in [-0.4, -0.2) is 0 Å². The molecule has 0 aromatic heterocycles. The van der Waals surface area contributed by atoms with Gasteiger partial charge in [-0.25, -0.2) is 4.39 Å². The minimum absolute atomic E-state index is 0.150. The van der Waals surface area contributed by atoms with Crippen LogP contribution in [0.2, 0.25) is 0 Å². The molecule has 1 N–H and O–H groups in total. The lowest BCUT2D eigenvalue weighted by Gasteiger charge is -1.75. The Morgan fingerprint density at radius 2 is 2.25 bits per heavy atom. The predicted molar refractivity (Wildman–Crippen MR) is 29.7 cm³/mol. The Morgan fingerprint density at radius 1 is 1.38 bits per heavy atom. The van der Waals surface area contributed by atoms with Crippen molar-refractivity contribution in [3.63, 3.8) is 0 Å². The molecular weight excluding hydrogens is 105 g/mol. The zero-order valence-electron chi connectivity index (χ0n) is 4.11. The van der Waals surface area contributed by atoms with E-state index in [1.54, 1.807) is 6.07 Å². The third-order valence-corrected chi connectivity index (χ3v) is 1.21. The van der Waals surface area contributed by atoms with Crippen LogP contribution in [0.25, 0.3) is 0 Å². The molecule has 1 heterocycles. The largest absolute Gasteiger partial charge is 0.350 e. The van der Waals surface area contributed by atoms with Crippen molar-refractivity contribution in [3.8, 4) is 0 Å². The van der Waals surface area contributed by atoms with E-state index in [-0.39, 0.29) is 5.82 Å². The molecule has 1 nitrogen and oxygen atoms in total. The van der Waals surface area contributed by atoms with Gasteiger partial charge in [0.25, 0.3) is 0 Å². The van der Waals surface area contributed by atoms with Crippen molar-refractivity contribution in [2.75, 3.05) is 5.32 Å². The standard InChI is InChI=1S/C6H4FN/c7-4-2-1-3-5-6(4)8-5/h1-3,8H. The molecule has 8 heavy (non-hydrogen) atoms. The smallest absolute Gasteiger partial charge is 0.148 e. The Kier molecular flexibility index (Phi) is 0.497. The highest BCUT2D eigenvalue weighted by molar-refractivity contribution is 5.89. The number of halogens is 1. The molecule has 1 aromatic carbocycles. The lowest BCUT2D eigenvalue weighted by Crippen LogP contribution is -1.60. The Morgan fingerprint density at radius 3 is 2.88 bits per heavy atom. The van der Waals surface area contributed by atoms with Crippen LogP contribution in [0.3, 0.4) is 0 Å². The van der Waals surface area contributed by atoms with Gasteiger partial charge in [0, 0.05) is 0 Å². The van der Waals surface area contributed by atoms with Gasteiger partial charge in [-0.2, -0.15) is 0 Å². The molecular formula is C6H4FN. The predicted octanol–water partition coefficient (Wildman–Crippen LogP) is 1.88. The van der Waals surface area contributed by atoms with Crippen LogP contribution in [0.15, 0.2) is 18.2 Å². The highest BCUT2D eigenvalue weighted by atomic mass is 19.1. The van der Waals surface area contributed by atoms with Crippen molar-refractivity contribution in [1.29, 1.82) is 0 Å². The van der Waals surface area contributed by atoms with Crippen molar-refractivity contribution >= 4 is 11.4 Å². The first-order valence-electron chi connectivity index (χ1n) is 2.43. The first-order chi connectivity index (χ1) is 3.88. The van der Waals surface area contributed by atoms with Crippen LogP contribution >= 0.6 is 0 Å². The van der Waals surface area contributed by atoms with Crippen LogP contribution in [-0.2, 0) is 0 Å². The van der Waals surface area contributed by atoms with Gasteiger partial charge < -0.3 is 5.32 Å². The molecule has 0 amide bonds. The van der Waals surface area contributed by atoms with Crippen LogP contribution in [0, 0.1) is 5.82 Å². The minimum Gasteiger partial charge on any atom is -0.350 e. The number of fused-ring (bicyclic) bond motifs is 1. The van der Waals surface area contributed by atoms with Gasteiger partial charge in [-0.15, -0.1) is 0 Å². The number of nitrogens with one attached hydrogen (secondary N) is 1. The number of para-hydroxylation sites is 1. The molecule has 2 rings (SSSR count). The third-order valence-electron chi connectivity index (χ3n) is 1.21. The topological polar surface area (TPSA) is 21.9 Å². The van der Waals surface area contributed by atoms with Gasteiger partial charge in [0.2, 0.25) is 0 Å². The zero-order chi connectivity index (χ0) is 5.56. The summed E-state index contributed by atoms with van der Waals surface area (Å²) in [5.74, 6) is -0.150. The van der Waals surface area contributed by atoms with Crippen molar-refractivity contribution in [2.24, 2.45) is 0 Å². The Hall–Kier alpha value is -1.05. The summed E-state index contributed by atoms with van der Waals surface area (Å²) in [5.41, 5.74) is 1.58. The summed E-state index contributed by atoms with van der Waals surface area (Å²) >= 11 is 0. The van der Waals surface area contributed by atoms with Gasteiger partial charge in [-0.05, 0) is 12.1 Å². The summed E-state index contributed by atoms with van der Waals surface area (Å²) in [6.45, 7) is 0. The zero-order valence-corrected chi connectivity index (χ0v) is 4.11. The van der Waals surface area contributed by atoms with Crippen LogP contribution in [0.4, 0.5) is 15.8 Å². The lowest BCUT2D eigenvalue weighted by molar-refractivity contribution is 0.637. The fraction of sp³-hybridized carbons (Fsp3) is 0. The number of hydrogen-bond acceptors (Lipinski definition) is 1. The van der Waals surface area contributed by atoms with E-state index in [9.17, 15) is 4.39 Å². The fourth-order valence-electron chi connectivity index (χ4n) is 0.729. The van der Waals surface area contributed by atoms with E-state index < -0.39 is 0 Å². The quantitative estimate of drug-likeness (QED) is 0.512. The molecule has 0 bridgehead atoms. The minimum atomic E-state index is -0.150. The average molecular weight is 109 g/mol. The number of anilines is 2. The molecule has 2 heteroatoms. The van der Waals surface area contributed by atoms with Gasteiger partial charge in [-0.3, -0.25) is 0 Å². The van der Waals surface area contributed by atoms with E-state index in [4.69, 9.17) is 0 Å². The van der Waals surface area contributed by atoms with Crippen LogP contribution in [0.1, 0.15) is 0 Å². The Labute approximate surface area is 46.1 Å². The normalized spacial score (nSPS) is 12.1. The van der Waals surface area contributed by atoms with Gasteiger partial charge in [0.15, 0.2) is 0 Å². The molecule has 0 atom stereocenters. The van der Waals surface area contributed by atoms with Gasteiger partial charge in [0.05, 0.1) is 11.4 Å². The van der Waals surface area contributed by atoms with Gasteiger partial charge >= 0.3 is 0 Å².